The van der Waals surface area contributed by atoms with Crippen molar-refractivity contribution in [3.63, 3.8) is 0 Å². The van der Waals surface area contributed by atoms with Gasteiger partial charge in [0, 0.05) is 25.2 Å². The lowest BCUT2D eigenvalue weighted by Gasteiger charge is -2.11. The van der Waals surface area contributed by atoms with Crippen LogP contribution in [0.2, 0.25) is 0 Å². The molecule has 8 heteroatoms. The number of aromatic nitrogens is 1. The predicted octanol–water partition coefficient (Wildman–Crippen LogP) is 1.32. The molecule has 0 aliphatic carbocycles. The van der Waals surface area contributed by atoms with Crippen molar-refractivity contribution in [3.05, 3.63) is 47.4 Å². The van der Waals surface area contributed by atoms with Crippen molar-refractivity contribution >= 4 is 5.91 Å². The fraction of sp³-hybridized carbons (Fsp3) is 0.412. The highest BCUT2D eigenvalue weighted by atomic mass is 19.1. The highest BCUT2D eigenvalue weighted by molar-refractivity contribution is 5.91. The summed E-state index contributed by atoms with van der Waals surface area (Å²) in [5.41, 5.74) is 0.459. The molecular formula is C17H20FN3O4. The number of hydrogen-bond donors (Lipinski definition) is 2. The van der Waals surface area contributed by atoms with E-state index in [0.717, 1.165) is 13.0 Å². The van der Waals surface area contributed by atoms with Gasteiger partial charge in [-0.2, -0.15) is 0 Å². The molecule has 1 aromatic carbocycles. The first-order chi connectivity index (χ1) is 12.1. The number of rotatable bonds is 6. The van der Waals surface area contributed by atoms with Crippen LogP contribution in [0, 0.1) is 5.82 Å². The number of hydrogen-bond acceptors (Lipinski definition) is 6. The molecule has 134 valence electrons. The molecule has 1 aliphatic rings. The molecular weight excluding hydrogens is 329 g/mol. The standard InChI is InChI=1S/C17H20FN3O4/c1-24-14-4-2-3-11(16(14)18)7-19-17(23)13-10-25-15(20-13)9-21-6-5-12(22)8-21/h2-4,10,12,22H,5-9H2,1H3,(H,19,23)/t12-/m0/s1. The van der Waals surface area contributed by atoms with Crippen LogP contribution in [0.3, 0.4) is 0 Å². The summed E-state index contributed by atoms with van der Waals surface area (Å²) in [6, 6.07) is 4.74. The molecule has 0 spiro atoms. The second-order valence-electron chi connectivity index (χ2n) is 5.92. The van der Waals surface area contributed by atoms with Gasteiger partial charge in [0.05, 0.1) is 19.8 Å². The lowest BCUT2D eigenvalue weighted by molar-refractivity contribution is 0.0945. The molecule has 7 nitrogen and oxygen atoms in total. The summed E-state index contributed by atoms with van der Waals surface area (Å²) in [7, 11) is 1.39. The van der Waals surface area contributed by atoms with E-state index in [1.54, 1.807) is 12.1 Å². The number of aliphatic hydroxyl groups excluding tert-OH is 1. The number of nitrogens with one attached hydrogen (secondary N) is 1. The van der Waals surface area contributed by atoms with Crippen molar-refractivity contribution in [2.24, 2.45) is 0 Å². The summed E-state index contributed by atoms with van der Waals surface area (Å²) >= 11 is 0. The first kappa shape index (κ1) is 17.4. The maximum Gasteiger partial charge on any atom is 0.273 e. The Bertz CT molecular complexity index is 749. The molecule has 1 saturated heterocycles. The maximum atomic E-state index is 14.1. The van der Waals surface area contributed by atoms with E-state index in [1.807, 2.05) is 4.90 Å². The quantitative estimate of drug-likeness (QED) is 0.818. The van der Waals surface area contributed by atoms with E-state index in [4.69, 9.17) is 9.15 Å². The van der Waals surface area contributed by atoms with Gasteiger partial charge in [-0.25, -0.2) is 9.37 Å². The maximum absolute atomic E-state index is 14.1. The number of carbonyl (C=O) groups excluding carboxylic acids is 1. The minimum absolute atomic E-state index is 0.0162. The molecule has 2 aromatic rings. The fourth-order valence-electron chi connectivity index (χ4n) is 2.75. The van der Waals surface area contributed by atoms with E-state index in [-0.39, 0.29) is 24.1 Å². The Morgan fingerprint density at radius 1 is 1.56 bits per heavy atom. The van der Waals surface area contributed by atoms with Crippen molar-refractivity contribution in [1.82, 2.24) is 15.2 Å². The van der Waals surface area contributed by atoms with Gasteiger partial charge in [-0.15, -0.1) is 0 Å². The zero-order valence-electron chi connectivity index (χ0n) is 13.9. The van der Waals surface area contributed by atoms with Crippen LogP contribution in [-0.2, 0) is 13.1 Å². The Balaban J connectivity index is 1.57. The van der Waals surface area contributed by atoms with Gasteiger partial charge in [-0.05, 0) is 12.5 Å². The van der Waals surface area contributed by atoms with E-state index < -0.39 is 11.7 Å². The molecule has 1 aromatic heterocycles. The Kier molecular flexibility index (Phi) is 5.30. The van der Waals surface area contributed by atoms with Gasteiger partial charge >= 0.3 is 0 Å². The van der Waals surface area contributed by atoms with E-state index >= 15 is 0 Å². The van der Waals surface area contributed by atoms with Gasteiger partial charge in [-0.1, -0.05) is 12.1 Å². The second kappa shape index (κ2) is 7.62. The average Bonchev–Trinajstić information content (AvgIpc) is 3.23. The summed E-state index contributed by atoms with van der Waals surface area (Å²) in [6.45, 7) is 1.79. The van der Waals surface area contributed by atoms with Crippen LogP contribution >= 0.6 is 0 Å². The van der Waals surface area contributed by atoms with E-state index in [1.165, 1.54) is 19.4 Å². The minimum atomic E-state index is -0.501. The molecule has 2 heterocycles. The molecule has 3 rings (SSSR count). The molecule has 1 aliphatic heterocycles. The fourth-order valence-corrected chi connectivity index (χ4v) is 2.75. The summed E-state index contributed by atoms with van der Waals surface area (Å²) < 4.78 is 24.3. The van der Waals surface area contributed by atoms with Crippen molar-refractivity contribution in [1.29, 1.82) is 0 Å². The smallest absolute Gasteiger partial charge is 0.273 e. The first-order valence-corrected chi connectivity index (χ1v) is 8.01. The Morgan fingerprint density at radius 3 is 3.12 bits per heavy atom. The summed E-state index contributed by atoms with van der Waals surface area (Å²) in [5.74, 6) is -0.410. The van der Waals surface area contributed by atoms with Gasteiger partial charge in [0.15, 0.2) is 17.3 Å². The zero-order valence-corrected chi connectivity index (χ0v) is 13.9. The van der Waals surface area contributed by atoms with Crippen LogP contribution in [0.25, 0.3) is 0 Å². The Hall–Kier alpha value is -2.45. The van der Waals surface area contributed by atoms with Gasteiger partial charge < -0.3 is 19.6 Å². The number of aliphatic hydroxyl groups is 1. The topological polar surface area (TPSA) is 87.8 Å². The highest BCUT2D eigenvalue weighted by Crippen LogP contribution is 2.20. The van der Waals surface area contributed by atoms with E-state index in [9.17, 15) is 14.3 Å². The van der Waals surface area contributed by atoms with Gasteiger partial charge in [0.1, 0.15) is 6.26 Å². The molecule has 0 bridgehead atoms. The number of methoxy groups -OCH3 is 1. The first-order valence-electron chi connectivity index (χ1n) is 8.01. The van der Waals surface area contributed by atoms with Gasteiger partial charge in [0.25, 0.3) is 5.91 Å². The largest absolute Gasteiger partial charge is 0.494 e. The minimum Gasteiger partial charge on any atom is -0.494 e. The number of benzene rings is 1. The highest BCUT2D eigenvalue weighted by Gasteiger charge is 2.22. The molecule has 0 saturated carbocycles. The average molecular weight is 349 g/mol. The van der Waals surface area contributed by atoms with Crippen molar-refractivity contribution in [3.8, 4) is 5.75 Å². The molecule has 1 amide bonds. The number of halogens is 1. The third-order valence-corrected chi connectivity index (χ3v) is 4.09. The molecule has 0 unspecified atom stereocenters. The Labute approximate surface area is 144 Å². The number of ether oxygens (including phenoxy) is 1. The number of nitrogens with zero attached hydrogens (tertiary/aromatic N) is 2. The van der Waals surface area contributed by atoms with Crippen molar-refractivity contribution in [2.45, 2.75) is 25.6 Å². The van der Waals surface area contributed by atoms with Crippen molar-refractivity contribution < 1.29 is 23.4 Å². The van der Waals surface area contributed by atoms with Crippen LogP contribution in [0.5, 0.6) is 5.75 Å². The zero-order chi connectivity index (χ0) is 17.8. The SMILES string of the molecule is COc1cccc(CNC(=O)c2coc(CN3CC[C@H](O)C3)n2)c1F. The van der Waals surface area contributed by atoms with Crippen LogP contribution in [0.4, 0.5) is 4.39 Å². The normalized spacial score (nSPS) is 17.6. The Morgan fingerprint density at radius 2 is 2.40 bits per heavy atom. The lowest BCUT2D eigenvalue weighted by atomic mass is 10.2. The third kappa shape index (κ3) is 4.15. The monoisotopic (exact) mass is 349 g/mol. The van der Waals surface area contributed by atoms with Crippen LogP contribution in [0.15, 0.2) is 28.9 Å². The predicted molar refractivity (Wildman–Crippen MR) is 86.5 cm³/mol. The second-order valence-corrected chi connectivity index (χ2v) is 5.92. The van der Waals surface area contributed by atoms with Gasteiger partial charge in [0.2, 0.25) is 5.89 Å². The summed E-state index contributed by atoms with van der Waals surface area (Å²) in [5, 5.41) is 12.1. The van der Waals surface area contributed by atoms with Crippen LogP contribution in [0.1, 0.15) is 28.4 Å². The van der Waals surface area contributed by atoms with Gasteiger partial charge in [-0.3, -0.25) is 9.69 Å². The van der Waals surface area contributed by atoms with E-state index in [2.05, 4.69) is 10.3 Å². The molecule has 1 atom stereocenters. The van der Waals surface area contributed by atoms with Crippen molar-refractivity contribution in [2.75, 3.05) is 20.2 Å². The molecule has 25 heavy (non-hydrogen) atoms. The third-order valence-electron chi connectivity index (χ3n) is 4.09. The lowest BCUT2D eigenvalue weighted by Crippen LogP contribution is -2.24. The number of β-amino-alcohol motifs (C(OH)–C–C–N with tert-alkyl or cyclic N) is 1. The number of oxazole rings is 1. The van der Waals surface area contributed by atoms with E-state index in [0.29, 0.717) is 24.5 Å². The number of carbonyl (C=O) groups is 1. The molecule has 1 fully saturated rings. The van der Waals surface area contributed by atoms with Crippen LogP contribution in [-0.4, -0.2) is 47.2 Å². The van der Waals surface area contributed by atoms with Crippen LogP contribution < -0.4 is 10.1 Å². The number of amides is 1. The summed E-state index contributed by atoms with van der Waals surface area (Å²) in [6.07, 6.45) is 1.68. The molecule has 0 radical (unpaired) electrons. The summed E-state index contributed by atoms with van der Waals surface area (Å²) in [4.78, 5) is 18.3. The number of likely N-dealkylation sites (tertiary alicyclic amines) is 1. The molecule has 2 N–H and O–H groups in total.